The first-order valence-electron chi connectivity index (χ1n) is 5.20. The van der Waals surface area contributed by atoms with Gasteiger partial charge in [0.1, 0.15) is 0 Å². The minimum atomic E-state index is 0.176. The predicted molar refractivity (Wildman–Crippen MR) is 64.6 cm³/mol. The molecule has 0 aromatic heterocycles. The average molecular weight is 209 g/mol. The maximum Gasteiger partial charge on any atom is 0.0519 e. The molecule has 0 nitrogen and oxygen atoms in total. The van der Waals surface area contributed by atoms with Gasteiger partial charge in [0.05, 0.1) is 5.38 Å². The first-order chi connectivity index (χ1) is 6.83. The third-order valence-corrected chi connectivity index (χ3v) is 2.49. The summed E-state index contributed by atoms with van der Waals surface area (Å²) >= 11 is 6.12. The quantitative estimate of drug-likeness (QED) is 0.626. The van der Waals surface area contributed by atoms with Gasteiger partial charge in [-0.1, -0.05) is 62.2 Å². The van der Waals surface area contributed by atoms with E-state index in [1.54, 1.807) is 0 Å². The molecule has 0 saturated carbocycles. The normalized spacial score (nSPS) is 13.3. The van der Waals surface area contributed by atoms with Crippen LogP contribution in [0.1, 0.15) is 31.7 Å². The Labute approximate surface area is 91.6 Å². The Morgan fingerprint density at radius 1 is 1.29 bits per heavy atom. The van der Waals surface area contributed by atoms with Crippen LogP contribution in [0.5, 0.6) is 0 Å². The predicted octanol–water partition coefficient (Wildman–Crippen LogP) is 4.50. The highest BCUT2D eigenvalue weighted by Crippen LogP contribution is 2.11. The average Bonchev–Trinajstić information content (AvgIpc) is 2.25. The molecular formula is C13H17Cl. The molecule has 0 fully saturated rings. The first-order valence-corrected chi connectivity index (χ1v) is 5.64. The van der Waals surface area contributed by atoms with Crippen LogP contribution >= 0.6 is 11.6 Å². The summed E-state index contributed by atoms with van der Waals surface area (Å²) in [5, 5.41) is 0.176. The second-order valence-electron chi connectivity index (χ2n) is 3.43. The Hall–Kier alpha value is -0.750. The molecule has 0 radical (unpaired) electrons. The number of hydrogen-bond donors (Lipinski definition) is 0. The van der Waals surface area contributed by atoms with E-state index in [2.05, 4.69) is 31.2 Å². The van der Waals surface area contributed by atoms with Crippen LogP contribution in [0.4, 0.5) is 0 Å². The lowest BCUT2D eigenvalue weighted by Gasteiger charge is -2.01. The molecule has 0 spiro atoms. The third kappa shape index (κ3) is 4.48. The molecule has 0 heterocycles. The summed E-state index contributed by atoms with van der Waals surface area (Å²) in [5.41, 5.74) is 1.22. The van der Waals surface area contributed by atoms with Crippen LogP contribution in [0.2, 0.25) is 0 Å². The number of halogens is 1. The molecule has 14 heavy (non-hydrogen) atoms. The van der Waals surface area contributed by atoms with Crippen LogP contribution in [0.3, 0.4) is 0 Å². The molecule has 0 bridgehead atoms. The summed E-state index contributed by atoms with van der Waals surface area (Å²) in [6.07, 6.45) is 7.65. The van der Waals surface area contributed by atoms with Crippen molar-refractivity contribution in [3.63, 3.8) is 0 Å². The largest absolute Gasteiger partial charge is 0.118 e. The van der Waals surface area contributed by atoms with Crippen LogP contribution in [0.15, 0.2) is 36.4 Å². The van der Waals surface area contributed by atoms with E-state index in [1.165, 1.54) is 18.4 Å². The fourth-order valence-corrected chi connectivity index (χ4v) is 1.50. The second kappa shape index (κ2) is 6.67. The van der Waals surface area contributed by atoms with Crippen LogP contribution in [0, 0.1) is 0 Å². The van der Waals surface area contributed by atoms with Crippen molar-refractivity contribution in [1.29, 1.82) is 0 Å². The molecule has 0 N–H and O–H groups in total. The highest BCUT2D eigenvalue weighted by Gasteiger charge is 1.97. The van der Waals surface area contributed by atoms with Crippen molar-refractivity contribution in [1.82, 2.24) is 0 Å². The van der Waals surface area contributed by atoms with Gasteiger partial charge in [-0.3, -0.25) is 0 Å². The topological polar surface area (TPSA) is 0 Å². The highest BCUT2D eigenvalue weighted by molar-refractivity contribution is 6.22. The Morgan fingerprint density at radius 2 is 2.00 bits per heavy atom. The monoisotopic (exact) mass is 208 g/mol. The van der Waals surface area contributed by atoms with E-state index < -0.39 is 0 Å². The fourth-order valence-electron chi connectivity index (χ4n) is 1.28. The Balaban J connectivity index is 2.39. The van der Waals surface area contributed by atoms with Crippen LogP contribution in [0.25, 0.3) is 6.08 Å². The Kier molecular flexibility index (Phi) is 5.39. The van der Waals surface area contributed by atoms with Gasteiger partial charge >= 0.3 is 0 Å². The standard InChI is InChI=1S/C13H17Cl/c1-2-3-9-13(14)11-10-12-7-5-4-6-8-12/h4-8,10-11,13H,2-3,9H2,1H3. The van der Waals surface area contributed by atoms with E-state index in [1.807, 2.05) is 18.2 Å². The zero-order valence-electron chi connectivity index (χ0n) is 8.62. The number of unbranched alkanes of at least 4 members (excludes halogenated alkanes) is 1. The van der Waals surface area contributed by atoms with Gasteiger partial charge in [-0.05, 0) is 12.0 Å². The van der Waals surface area contributed by atoms with Crippen molar-refractivity contribution in [2.75, 3.05) is 0 Å². The zero-order valence-corrected chi connectivity index (χ0v) is 9.37. The molecule has 0 aliphatic carbocycles. The summed E-state index contributed by atoms with van der Waals surface area (Å²) in [5.74, 6) is 0. The minimum Gasteiger partial charge on any atom is -0.118 e. The molecule has 1 rings (SSSR count). The summed E-state index contributed by atoms with van der Waals surface area (Å²) in [6, 6.07) is 10.3. The van der Waals surface area contributed by atoms with E-state index in [9.17, 15) is 0 Å². The van der Waals surface area contributed by atoms with Gasteiger partial charge in [-0.25, -0.2) is 0 Å². The number of benzene rings is 1. The SMILES string of the molecule is CCCCC(Cl)C=Cc1ccccc1. The molecule has 1 atom stereocenters. The number of hydrogen-bond acceptors (Lipinski definition) is 0. The van der Waals surface area contributed by atoms with Crippen molar-refractivity contribution in [2.24, 2.45) is 0 Å². The molecule has 1 aromatic rings. The van der Waals surface area contributed by atoms with Gasteiger partial charge < -0.3 is 0 Å². The third-order valence-electron chi connectivity index (χ3n) is 2.13. The summed E-state index contributed by atoms with van der Waals surface area (Å²) in [6.45, 7) is 2.19. The fraction of sp³-hybridized carbons (Fsp3) is 0.385. The highest BCUT2D eigenvalue weighted by atomic mass is 35.5. The number of alkyl halides is 1. The molecule has 1 aromatic carbocycles. The zero-order chi connectivity index (χ0) is 10.2. The van der Waals surface area contributed by atoms with Gasteiger partial charge in [-0.15, -0.1) is 11.6 Å². The molecule has 0 saturated heterocycles. The molecule has 1 unspecified atom stereocenters. The van der Waals surface area contributed by atoms with Crippen molar-refractivity contribution in [2.45, 2.75) is 31.6 Å². The van der Waals surface area contributed by atoms with E-state index in [4.69, 9.17) is 11.6 Å². The van der Waals surface area contributed by atoms with Gasteiger partial charge in [0.25, 0.3) is 0 Å². The molecule has 0 amide bonds. The van der Waals surface area contributed by atoms with E-state index >= 15 is 0 Å². The van der Waals surface area contributed by atoms with Crippen LogP contribution in [-0.2, 0) is 0 Å². The molecule has 0 aliphatic rings. The lowest BCUT2D eigenvalue weighted by Crippen LogP contribution is -1.91. The van der Waals surface area contributed by atoms with E-state index in [0.29, 0.717) is 0 Å². The van der Waals surface area contributed by atoms with E-state index in [-0.39, 0.29) is 5.38 Å². The second-order valence-corrected chi connectivity index (χ2v) is 3.99. The Bertz CT molecular complexity index is 264. The lowest BCUT2D eigenvalue weighted by molar-refractivity contribution is 0.735. The van der Waals surface area contributed by atoms with Gasteiger partial charge in [0.2, 0.25) is 0 Å². The van der Waals surface area contributed by atoms with Crippen molar-refractivity contribution < 1.29 is 0 Å². The maximum atomic E-state index is 6.12. The molecular weight excluding hydrogens is 192 g/mol. The lowest BCUT2D eigenvalue weighted by atomic mass is 10.1. The van der Waals surface area contributed by atoms with Crippen molar-refractivity contribution >= 4 is 17.7 Å². The molecule has 1 heteroatoms. The summed E-state index contributed by atoms with van der Waals surface area (Å²) < 4.78 is 0. The van der Waals surface area contributed by atoms with Gasteiger partial charge in [-0.2, -0.15) is 0 Å². The van der Waals surface area contributed by atoms with Crippen LogP contribution in [-0.4, -0.2) is 5.38 Å². The van der Waals surface area contributed by atoms with Crippen LogP contribution < -0.4 is 0 Å². The number of rotatable bonds is 5. The summed E-state index contributed by atoms with van der Waals surface area (Å²) in [4.78, 5) is 0. The number of allylic oxidation sites excluding steroid dienone is 1. The smallest absolute Gasteiger partial charge is 0.0519 e. The Morgan fingerprint density at radius 3 is 2.64 bits per heavy atom. The molecule has 76 valence electrons. The molecule has 0 aliphatic heterocycles. The summed E-state index contributed by atoms with van der Waals surface area (Å²) in [7, 11) is 0. The maximum absolute atomic E-state index is 6.12. The first kappa shape index (κ1) is 11.3. The van der Waals surface area contributed by atoms with Gasteiger partial charge in [0.15, 0.2) is 0 Å². The minimum absolute atomic E-state index is 0.176. The van der Waals surface area contributed by atoms with Gasteiger partial charge in [0, 0.05) is 0 Å². The van der Waals surface area contributed by atoms with E-state index in [0.717, 1.165) is 6.42 Å². The van der Waals surface area contributed by atoms with Crippen molar-refractivity contribution in [3.8, 4) is 0 Å². The van der Waals surface area contributed by atoms with Crippen molar-refractivity contribution in [3.05, 3.63) is 42.0 Å².